The van der Waals surface area contributed by atoms with E-state index < -0.39 is 0 Å². The predicted molar refractivity (Wildman–Crippen MR) is 50.6 cm³/mol. The first-order valence-electron chi connectivity index (χ1n) is 4.30. The van der Waals surface area contributed by atoms with Crippen LogP contribution in [-0.4, -0.2) is 22.4 Å². The normalized spacial score (nSPS) is 16.8. The van der Waals surface area contributed by atoms with Crippen LogP contribution in [0.25, 0.3) is 0 Å². The summed E-state index contributed by atoms with van der Waals surface area (Å²) in [6, 6.07) is 2.24. The van der Waals surface area contributed by atoms with E-state index in [2.05, 4.69) is 20.3 Å². The van der Waals surface area contributed by atoms with Crippen LogP contribution >= 0.6 is 11.5 Å². The monoisotopic (exact) mass is 194 g/mol. The van der Waals surface area contributed by atoms with Crippen molar-refractivity contribution >= 4 is 16.7 Å². The molecule has 1 aromatic rings. The fourth-order valence-electron chi connectivity index (χ4n) is 1.23. The highest BCUT2D eigenvalue weighted by Crippen LogP contribution is 2.25. The molecule has 2 heterocycles. The van der Waals surface area contributed by atoms with Gasteiger partial charge in [-0.3, -0.25) is 0 Å². The summed E-state index contributed by atoms with van der Waals surface area (Å²) in [5.41, 5.74) is 0. The lowest BCUT2D eigenvalue weighted by atomic mass is 10.0. The van der Waals surface area contributed by atoms with Crippen LogP contribution in [0.5, 0.6) is 0 Å². The van der Waals surface area contributed by atoms with Gasteiger partial charge in [0.2, 0.25) is 5.13 Å². The number of hydrogen-bond acceptors (Lipinski definition) is 5. The van der Waals surface area contributed by atoms with Crippen LogP contribution in [0.4, 0.5) is 5.13 Å². The number of aromatic nitrogens is 2. The molecule has 0 aromatic carbocycles. The zero-order chi connectivity index (χ0) is 9.26. The summed E-state index contributed by atoms with van der Waals surface area (Å²) in [7, 11) is 0. The van der Waals surface area contributed by atoms with Gasteiger partial charge < -0.3 is 4.90 Å². The van der Waals surface area contributed by atoms with Crippen LogP contribution in [0, 0.1) is 17.2 Å². The summed E-state index contributed by atoms with van der Waals surface area (Å²) in [6.45, 7) is 3.67. The number of rotatable bonds is 2. The quantitative estimate of drug-likeness (QED) is 0.706. The van der Waals surface area contributed by atoms with E-state index in [1.165, 1.54) is 11.5 Å². The molecule has 0 atom stereocenters. The highest BCUT2D eigenvalue weighted by atomic mass is 32.1. The van der Waals surface area contributed by atoms with Crippen LogP contribution in [-0.2, 0) is 6.42 Å². The highest BCUT2D eigenvalue weighted by molar-refractivity contribution is 7.09. The van der Waals surface area contributed by atoms with E-state index in [1.54, 1.807) is 0 Å². The average molecular weight is 194 g/mol. The molecule has 4 nitrogen and oxygen atoms in total. The van der Waals surface area contributed by atoms with Gasteiger partial charge in [-0.1, -0.05) is 6.92 Å². The molecular formula is C8H10N4S. The Balaban J connectivity index is 2.00. The Hall–Kier alpha value is -1.15. The predicted octanol–water partition coefficient (Wildman–Crippen LogP) is 1.06. The SMILES string of the molecule is CCc1nsc(N2CC(C#N)C2)n1. The lowest BCUT2D eigenvalue weighted by molar-refractivity contribution is 0.503. The Bertz CT molecular complexity index is 334. The van der Waals surface area contributed by atoms with Crippen molar-refractivity contribution in [3.63, 3.8) is 0 Å². The number of hydrogen-bond donors (Lipinski definition) is 0. The molecule has 2 rings (SSSR count). The molecule has 0 saturated carbocycles. The molecule has 1 saturated heterocycles. The minimum Gasteiger partial charge on any atom is -0.344 e. The molecule has 1 aromatic heterocycles. The second-order valence-electron chi connectivity index (χ2n) is 3.08. The molecular weight excluding hydrogens is 184 g/mol. The Kier molecular flexibility index (Phi) is 2.15. The van der Waals surface area contributed by atoms with Crippen molar-refractivity contribution in [2.24, 2.45) is 5.92 Å². The number of nitriles is 1. The molecule has 0 amide bonds. The van der Waals surface area contributed by atoms with Gasteiger partial charge in [0.25, 0.3) is 0 Å². The van der Waals surface area contributed by atoms with Gasteiger partial charge >= 0.3 is 0 Å². The zero-order valence-electron chi connectivity index (χ0n) is 7.40. The molecule has 1 fully saturated rings. The van der Waals surface area contributed by atoms with Crippen molar-refractivity contribution in [3.05, 3.63) is 5.82 Å². The topological polar surface area (TPSA) is 52.8 Å². The van der Waals surface area contributed by atoms with Crippen molar-refractivity contribution < 1.29 is 0 Å². The van der Waals surface area contributed by atoms with E-state index in [-0.39, 0.29) is 5.92 Å². The second-order valence-corrected chi connectivity index (χ2v) is 3.81. The fraction of sp³-hybridized carbons (Fsp3) is 0.625. The maximum absolute atomic E-state index is 8.59. The molecule has 0 radical (unpaired) electrons. The lowest BCUT2D eigenvalue weighted by Crippen LogP contribution is -2.45. The van der Waals surface area contributed by atoms with E-state index in [0.29, 0.717) is 0 Å². The third-order valence-electron chi connectivity index (χ3n) is 2.11. The summed E-state index contributed by atoms with van der Waals surface area (Å²) in [4.78, 5) is 6.45. The van der Waals surface area contributed by atoms with Gasteiger partial charge in [-0.15, -0.1) is 0 Å². The van der Waals surface area contributed by atoms with Crippen LogP contribution in [0.2, 0.25) is 0 Å². The summed E-state index contributed by atoms with van der Waals surface area (Å²) in [6.07, 6.45) is 0.881. The van der Waals surface area contributed by atoms with Crippen molar-refractivity contribution in [1.82, 2.24) is 9.36 Å². The minimum absolute atomic E-state index is 0.189. The van der Waals surface area contributed by atoms with Crippen molar-refractivity contribution in [2.75, 3.05) is 18.0 Å². The first-order valence-corrected chi connectivity index (χ1v) is 5.08. The molecule has 0 spiro atoms. The van der Waals surface area contributed by atoms with Crippen LogP contribution in [0.15, 0.2) is 0 Å². The minimum atomic E-state index is 0.189. The molecule has 1 aliphatic rings. The Morgan fingerprint density at radius 3 is 3.00 bits per heavy atom. The van der Waals surface area contributed by atoms with Crippen molar-refractivity contribution in [3.8, 4) is 6.07 Å². The van der Waals surface area contributed by atoms with Gasteiger partial charge in [-0.25, -0.2) is 4.98 Å². The smallest absolute Gasteiger partial charge is 0.205 e. The van der Waals surface area contributed by atoms with Crippen molar-refractivity contribution in [2.45, 2.75) is 13.3 Å². The maximum atomic E-state index is 8.59. The van der Waals surface area contributed by atoms with Crippen LogP contribution in [0.3, 0.4) is 0 Å². The molecule has 0 bridgehead atoms. The summed E-state index contributed by atoms with van der Waals surface area (Å²) >= 11 is 1.43. The maximum Gasteiger partial charge on any atom is 0.205 e. The third kappa shape index (κ3) is 1.49. The Morgan fingerprint density at radius 2 is 2.46 bits per heavy atom. The second kappa shape index (κ2) is 3.30. The number of aryl methyl sites for hydroxylation is 1. The largest absolute Gasteiger partial charge is 0.344 e. The summed E-state index contributed by atoms with van der Waals surface area (Å²) in [5.74, 6) is 1.09. The number of nitrogens with zero attached hydrogens (tertiary/aromatic N) is 4. The van der Waals surface area contributed by atoms with Crippen LogP contribution < -0.4 is 4.90 Å². The molecule has 13 heavy (non-hydrogen) atoms. The number of anilines is 1. The van der Waals surface area contributed by atoms with E-state index in [0.717, 1.165) is 30.5 Å². The molecule has 0 aliphatic carbocycles. The average Bonchev–Trinajstić information content (AvgIpc) is 2.51. The van der Waals surface area contributed by atoms with Gasteiger partial charge in [0.15, 0.2) is 0 Å². The van der Waals surface area contributed by atoms with E-state index >= 15 is 0 Å². The van der Waals surface area contributed by atoms with E-state index in [9.17, 15) is 0 Å². The molecule has 5 heteroatoms. The van der Waals surface area contributed by atoms with E-state index in [4.69, 9.17) is 5.26 Å². The Morgan fingerprint density at radius 1 is 1.69 bits per heavy atom. The Labute approximate surface area is 81.0 Å². The first kappa shape index (κ1) is 8.45. The first-order chi connectivity index (χ1) is 6.33. The third-order valence-corrected chi connectivity index (χ3v) is 2.92. The fourth-order valence-corrected chi connectivity index (χ4v) is 2.00. The lowest BCUT2D eigenvalue weighted by Gasteiger charge is -2.34. The molecule has 1 aliphatic heterocycles. The standard InChI is InChI=1S/C8H10N4S/c1-2-7-10-8(13-11-7)12-4-6(3-9)5-12/h6H,2,4-5H2,1H3. The summed E-state index contributed by atoms with van der Waals surface area (Å²) in [5, 5.41) is 9.55. The van der Waals surface area contributed by atoms with Crippen LogP contribution in [0.1, 0.15) is 12.7 Å². The molecule has 0 unspecified atom stereocenters. The van der Waals surface area contributed by atoms with Gasteiger partial charge in [0.1, 0.15) is 5.82 Å². The van der Waals surface area contributed by atoms with Gasteiger partial charge in [0, 0.05) is 31.0 Å². The van der Waals surface area contributed by atoms with Gasteiger partial charge in [-0.05, 0) is 0 Å². The van der Waals surface area contributed by atoms with Gasteiger partial charge in [-0.2, -0.15) is 9.64 Å². The van der Waals surface area contributed by atoms with Crippen molar-refractivity contribution in [1.29, 1.82) is 5.26 Å². The van der Waals surface area contributed by atoms with Gasteiger partial charge in [0.05, 0.1) is 12.0 Å². The summed E-state index contributed by atoms with van der Waals surface area (Å²) < 4.78 is 4.19. The highest BCUT2D eigenvalue weighted by Gasteiger charge is 2.28. The zero-order valence-corrected chi connectivity index (χ0v) is 8.21. The van der Waals surface area contributed by atoms with E-state index in [1.807, 2.05) is 6.92 Å². The molecule has 0 N–H and O–H groups in total. The molecule has 68 valence electrons.